The van der Waals surface area contributed by atoms with Crippen molar-refractivity contribution in [2.45, 2.75) is 46.3 Å². The average molecular weight is 369 g/mol. The monoisotopic (exact) mass is 368 g/mol. The Bertz CT molecular complexity index is 591. The fourth-order valence-electron chi connectivity index (χ4n) is 3.66. The van der Waals surface area contributed by atoms with Gasteiger partial charge in [-0.1, -0.05) is 32.4 Å². The van der Waals surface area contributed by atoms with Crippen molar-refractivity contribution in [3.05, 3.63) is 23.0 Å². The number of nitrogens with one attached hydrogen (secondary N) is 1. The van der Waals surface area contributed by atoms with Crippen molar-refractivity contribution in [3.63, 3.8) is 0 Å². The lowest BCUT2D eigenvalue weighted by Crippen LogP contribution is -2.47. The van der Waals surface area contributed by atoms with Crippen LogP contribution in [0.2, 0.25) is 5.02 Å². The van der Waals surface area contributed by atoms with E-state index in [0.717, 1.165) is 42.8 Å². The van der Waals surface area contributed by atoms with Crippen LogP contribution in [0.3, 0.4) is 0 Å². The molecular weight excluding hydrogens is 336 g/mol. The second-order valence-electron chi connectivity index (χ2n) is 8.10. The maximum absolute atomic E-state index is 6.08. The molecule has 5 nitrogen and oxygen atoms in total. The summed E-state index contributed by atoms with van der Waals surface area (Å²) in [4.78, 5) is 6.57. The quantitative estimate of drug-likeness (QED) is 0.653. The van der Waals surface area contributed by atoms with Gasteiger partial charge in [0.15, 0.2) is 5.96 Å². The predicted molar refractivity (Wildman–Crippen MR) is 105 cm³/mol. The lowest BCUT2D eigenvalue weighted by atomic mass is 9.78. The molecule has 2 heterocycles. The third kappa shape index (κ3) is 5.38. The van der Waals surface area contributed by atoms with Crippen molar-refractivity contribution in [1.29, 1.82) is 0 Å². The van der Waals surface area contributed by atoms with Crippen LogP contribution >= 0.6 is 11.6 Å². The average Bonchev–Trinajstić information content (AvgIpc) is 2.85. The first-order chi connectivity index (χ1) is 11.7. The van der Waals surface area contributed by atoms with Gasteiger partial charge in [0, 0.05) is 52.1 Å². The lowest BCUT2D eigenvalue weighted by molar-refractivity contribution is -0.0836. The molecule has 0 saturated carbocycles. The van der Waals surface area contributed by atoms with E-state index < -0.39 is 0 Å². The highest BCUT2D eigenvalue weighted by Crippen LogP contribution is 2.33. The highest BCUT2D eigenvalue weighted by atomic mass is 35.5. The first-order valence-electron chi connectivity index (χ1n) is 9.06. The van der Waals surface area contributed by atoms with E-state index in [0.29, 0.717) is 5.92 Å². The molecule has 0 aliphatic carbocycles. The Labute approximate surface area is 157 Å². The van der Waals surface area contributed by atoms with E-state index in [1.165, 1.54) is 6.42 Å². The van der Waals surface area contributed by atoms with Crippen LogP contribution in [0, 0.1) is 11.3 Å². The number of aromatic nitrogens is 1. The summed E-state index contributed by atoms with van der Waals surface area (Å²) in [6.45, 7) is 9.29. The second-order valence-corrected chi connectivity index (χ2v) is 8.54. The molecule has 1 aliphatic rings. The highest BCUT2D eigenvalue weighted by Gasteiger charge is 2.35. The van der Waals surface area contributed by atoms with Crippen molar-refractivity contribution in [2.75, 3.05) is 27.2 Å². The van der Waals surface area contributed by atoms with Gasteiger partial charge >= 0.3 is 0 Å². The fraction of sp³-hybridized carbons (Fsp3) is 0.737. The van der Waals surface area contributed by atoms with Gasteiger partial charge in [-0.3, -0.25) is 4.99 Å². The number of nitrogens with zero attached hydrogens (tertiary/aromatic N) is 3. The van der Waals surface area contributed by atoms with Crippen LogP contribution in [0.5, 0.6) is 0 Å². The van der Waals surface area contributed by atoms with Gasteiger partial charge in [-0.25, -0.2) is 0 Å². The number of hydrogen-bond acceptors (Lipinski definition) is 2. The molecule has 1 N–H and O–H groups in total. The van der Waals surface area contributed by atoms with E-state index >= 15 is 0 Å². The molecule has 142 valence electrons. The largest absolute Gasteiger partial charge is 0.377 e. The van der Waals surface area contributed by atoms with Crippen LogP contribution in [0.15, 0.2) is 17.3 Å². The van der Waals surface area contributed by atoms with Crippen LogP contribution < -0.4 is 5.32 Å². The molecular formula is C19H33ClN4O. The second kappa shape index (κ2) is 8.45. The van der Waals surface area contributed by atoms with Gasteiger partial charge in [0.1, 0.15) is 0 Å². The van der Waals surface area contributed by atoms with E-state index in [2.05, 4.69) is 47.6 Å². The molecule has 2 unspecified atom stereocenters. The van der Waals surface area contributed by atoms with E-state index in [1.54, 1.807) is 0 Å². The summed E-state index contributed by atoms with van der Waals surface area (Å²) in [7, 11) is 5.89. The number of hydrogen-bond donors (Lipinski definition) is 1. The topological polar surface area (TPSA) is 41.8 Å². The SMILES string of the molecule is CN=C(NCC1CCCOC1C(C)(C)C)N(C)Cc1cc(Cl)cn1C. The van der Waals surface area contributed by atoms with Gasteiger partial charge in [0.25, 0.3) is 0 Å². The van der Waals surface area contributed by atoms with Gasteiger partial charge in [0.05, 0.1) is 17.7 Å². The summed E-state index contributed by atoms with van der Waals surface area (Å²) >= 11 is 6.08. The van der Waals surface area contributed by atoms with Gasteiger partial charge in [-0.2, -0.15) is 0 Å². The molecule has 2 rings (SSSR count). The fourth-order valence-corrected chi connectivity index (χ4v) is 3.93. The Morgan fingerprint density at radius 3 is 2.76 bits per heavy atom. The van der Waals surface area contributed by atoms with Gasteiger partial charge in [-0.05, 0) is 24.3 Å². The summed E-state index contributed by atoms with van der Waals surface area (Å²) in [6, 6.07) is 2.00. The molecule has 2 atom stereocenters. The molecule has 0 bridgehead atoms. The van der Waals surface area contributed by atoms with Crippen LogP contribution in [0.4, 0.5) is 0 Å². The summed E-state index contributed by atoms with van der Waals surface area (Å²) in [5.74, 6) is 1.40. The Morgan fingerprint density at radius 1 is 1.48 bits per heavy atom. The zero-order valence-corrected chi connectivity index (χ0v) is 17.2. The van der Waals surface area contributed by atoms with Gasteiger partial charge < -0.3 is 19.5 Å². The van der Waals surface area contributed by atoms with Gasteiger partial charge in [0.2, 0.25) is 0 Å². The normalized spacial score (nSPS) is 22.1. The summed E-state index contributed by atoms with van der Waals surface area (Å²) in [5.41, 5.74) is 1.31. The Morgan fingerprint density at radius 2 is 2.20 bits per heavy atom. The standard InChI is InChI=1S/C19H33ClN4O/c1-19(2,3)17-14(8-7-9-25-17)11-22-18(21-4)24(6)13-16-10-15(20)12-23(16)5/h10,12,14,17H,7-9,11,13H2,1-6H3,(H,21,22). The lowest BCUT2D eigenvalue weighted by Gasteiger charge is -2.40. The number of halogens is 1. The maximum Gasteiger partial charge on any atom is 0.193 e. The number of rotatable bonds is 4. The molecule has 1 aromatic rings. The molecule has 0 amide bonds. The molecule has 0 spiro atoms. The van der Waals surface area contributed by atoms with Crippen molar-refractivity contribution in [1.82, 2.24) is 14.8 Å². The molecule has 0 aromatic carbocycles. The van der Waals surface area contributed by atoms with Crippen LogP contribution in [0.25, 0.3) is 0 Å². The molecule has 1 aromatic heterocycles. The maximum atomic E-state index is 6.08. The summed E-state index contributed by atoms with van der Waals surface area (Å²) < 4.78 is 8.14. The minimum absolute atomic E-state index is 0.155. The zero-order valence-electron chi connectivity index (χ0n) is 16.5. The number of ether oxygens (including phenoxy) is 1. The molecule has 0 radical (unpaired) electrons. The van der Waals surface area contributed by atoms with Gasteiger partial charge in [-0.15, -0.1) is 0 Å². The predicted octanol–water partition coefficient (Wildman–Crippen LogP) is 3.53. The van der Waals surface area contributed by atoms with E-state index in [4.69, 9.17) is 16.3 Å². The number of aliphatic imine (C=N–C) groups is 1. The minimum Gasteiger partial charge on any atom is -0.377 e. The minimum atomic E-state index is 0.155. The van der Waals surface area contributed by atoms with Crippen LogP contribution in [0.1, 0.15) is 39.3 Å². The van der Waals surface area contributed by atoms with Crippen molar-refractivity contribution in [2.24, 2.45) is 23.4 Å². The third-order valence-corrected chi connectivity index (χ3v) is 5.07. The number of aryl methyl sites for hydroxylation is 1. The van der Waals surface area contributed by atoms with E-state index in [9.17, 15) is 0 Å². The van der Waals surface area contributed by atoms with Crippen molar-refractivity contribution >= 4 is 17.6 Å². The molecule has 1 saturated heterocycles. The summed E-state index contributed by atoms with van der Waals surface area (Å²) in [6.07, 6.45) is 4.54. The molecule has 6 heteroatoms. The molecule has 1 aliphatic heterocycles. The van der Waals surface area contributed by atoms with Crippen molar-refractivity contribution in [3.8, 4) is 0 Å². The Kier molecular flexibility index (Phi) is 6.80. The van der Waals surface area contributed by atoms with Crippen LogP contribution in [-0.4, -0.2) is 48.8 Å². The van der Waals surface area contributed by atoms with Crippen molar-refractivity contribution < 1.29 is 4.74 Å². The third-order valence-electron chi connectivity index (χ3n) is 4.87. The zero-order chi connectivity index (χ0) is 18.6. The first-order valence-corrected chi connectivity index (χ1v) is 9.44. The highest BCUT2D eigenvalue weighted by molar-refractivity contribution is 6.30. The summed E-state index contributed by atoms with van der Waals surface area (Å²) in [5, 5.41) is 4.31. The van der Waals surface area contributed by atoms with E-state index in [-0.39, 0.29) is 11.5 Å². The van der Waals surface area contributed by atoms with E-state index in [1.807, 2.05) is 26.4 Å². The molecule has 1 fully saturated rings. The number of guanidine groups is 1. The molecule has 25 heavy (non-hydrogen) atoms. The van der Waals surface area contributed by atoms with Crippen LogP contribution in [-0.2, 0) is 18.3 Å². The first kappa shape index (κ1) is 20.1. The Balaban J connectivity index is 1.96. The Hall–Kier alpha value is -1.20. The smallest absolute Gasteiger partial charge is 0.193 e.